The molecule has 7 heteroatoms. The van der Waals surface area contributed by atoms with Gasteiger partial charge in [-0.25, -0.2) is 4.68 Å². The summed E-state index contributed by atoms with van der Waals surface area (Å²) >= 11 is 0. The number of hydrogen-bond acceptors (Lipinski definition) is 6. The third-order valence-electron chi connectivity index (χ3n) is 7.35. The summed E-state index contributed by atoms with van der Waals surface area (Å²) in [7, 11) is 1.68. The Morgan fingerprint density at radius 1 is 0.895 bits per heavy atom. The summed E-state index contributed by atoms with van der Waals surface area (Å²) in [6.07, 6.45) is 1.93. The lowest BCUT2D eigenvalue weighted by Crippen LogP contribution is -2.38. The van der Waals surface area contributed by atoms with Crippen molar-refractivity contribution in [3.63, 3.8) is 0 Å². The van der Waals surface area contributed by atoms with Gasteiger partial charge in [0.25, 0.3) is 0 Å². The van der Waals surface area contributed by atoms with Crippen LogP contribution in [-0.4, -0.2) is 66.2 Å². The standard InChI is InChI=1S/C31H32N4O3/c1-21-8-10-24(18-22(21)2)35-31-25-6-4-5-7-27(25)32-20-26(31)30(33-35)23-9-11-28(29(19-23)36-3)38-17-14-34-12-15-37-16-13-34/h4-11,18-20H,12-17H2,1-3H3. The Morgan fingerprint density at radius 2 is 1.74 bits per heavy atom. The van der Waals surface area contributed by atoms with Gasteiger partial charge < -0.3 is 14.2 Å². The van der Waals surface area contributed by atoms with Crippen molar-refractivity contribution >= 4 is 21.8 Å². The number of nitrogens with zero attached hydrogens (tertiary/aromatic N) is 4. The molecule has 0 amide bonds. The van der Waals surface area contributed by atoms with Crippen molar-refractivity contribution in [3.05, 3.63) is 78.0 Å². The van der Waals surface area contributed by atoms with Crippen LogP contribution in [0, 0.1) is 13.8 Å². The number of rotatable bonds is 7. The maximum absolute atomic E-state index is 6.12. The number of fused-ring (bicyclic) bond motifs is 3. The number of hydrogen-bond donors (Lipinski definition) is 0. The highest BCUT2D eigenvalue weighted by Gasteiger charge is 2.19. The van der Waals surface area contributed by atoms with Crippen molar-refractivity contribution in [2.75, 3.05) is 46.6 Å². The third-order valence-corrected chi connectivity index (χ3v) is 7.35. The first kappa shape index (κ1) is 24.4. The largest absolute Gasteiger partial charge is 0.493 e. The van der Waals surface area contributed by atoms with E-state index < -0.39 is 0 Å². The highest BCUT2D eigenvalue weighted by molar-refractivity contribution is 6.08. The lowest BCUT2D eigenvalue weighted by atomic mass is 10.1. The van der Waals surface area contributed by atoms with Gasteiger partial charge in [-0.3, -0.25) is 9.88 Å². The van der Waals surface area contributed by atoms with E-state index in [0.29, 0.717) is 12.4 Å². The zero-order valence-corrected chi connectivity index (χ0v) is 22.1. The van der Waals surface area contributed by atoms with Crippen LogP contribution in [0.3, 0.4) is 0 Å². The third kappa shape index (κ3) is 4.59. The van der Waals surface area contributed by atoms with E-state index in [2.05, 4.69) is 43.0 Å². The summed E-state index contributed by atoms with van der Waals surface area (Å²) in [4.78, 5) is 7.11. The first-order valence-corrected chi connectivity index (χ1v) is 13.1. The van der Waals surface area contributed by atoms with E-state index in [9.17, 15) is 0 Å². The molecule has 194 valence electrons. The van der Waals surface area contributed by atoms with Crippen molar-refractivity contribution < 1.29 is 14.2 Å². The molecule has 1 aliphatic heterocycles. The maximum atomic E-state index is 6.12. The van der Waals surface area contributed by atoms with Crippen LogP contribution in [0.4, 0.5) is 0 Å². The van der Waals surface area contributed by atoms with Crippen LogP contribution < -0.4 is 9.47 Å². The molecule has 0 spiro atoms. The van der Waals surface area contributed by atoms with Gasteiger partial charge in [0.05, 0.1) is 37.0 Å². The molecule has 0 unspecified atom stereocenters. The molecule has 38 heavy (non-hydrogen) atoms. The number of ether oxygens (including phenoxy) is 3. The molecule has 2 aromatic heterocycles. The van der Waals surface area contributed by atoms with Gasteiger partial charge in [0.2, 0.25) is 0 Å². The van der Waals surface area contributed by atoms with Crippen LogP contribution in [0.2, 0.25) is 0 Å². The molecule has 7 nitrogen and oxygen atoms in total. The molecule has 1 fully saturated rings. The highest BCUT2D eigenvalue weighted by Crippen LogP contribution is 2.37. The monoisotopic (exact) mass is 508 g/mol. The number of benzene rings is 3. The molecular formula is C31H32N4O3. The Bertz CT molecular complexity index is 1600. The fraction of sp³-hybridized carbons (Fsp3) is 0.290. The molecule has 3 aromatic carbocycles. The van der Waals surface area contributed by atoms with Crippen LogP contribution in [0.1, 0.15) is 11.1 Å². The Morgan fingerprint density at radius 3 is 2.55 bits per heavy atom. The van der Waals surface area contributed by atoms with E-state index in [4.69, 9.17) is 24.3 Å². The van der Waals surface area contributed by atoms with E-state index >= 15 is 0 Å². The first-order valence-electron chi connectivity index (χ1n) is 13.1. The van der Waals surface area contributed by atoms with E-state index in [0.717, 1.165) is 77.3 Å². The molecule has 1 saturated heterocycles. The van der Waals surface area contributed by atoms with Crippen LogP contribution in [0.5, 0.6) is 11.5 Å². The fourth-order valence-corrected chi connectivity index (χ4v) is 5.03. The number of aryl methyl sites for hydroxylation is 2. The molecule has 0 atom stereocenters. The Balaban J connectivity index is 1.40. The average molecular weight is 509 g/mol. The van der Waals surface area contributed by atoms with Gasteiger partial charge in [-0.1, -0.05) is 24.3 Å². The van der Waals surface area contributed by atoms with Gasteiger partial charge in [0.15, 0.2) is 11.5 Å². The summed E-state index contributed by atoms with van der Waals surface area (Å²) in [6, 6.07) is 20.7. The normalized spacial score (nSPS) is 14.3. The van der Waals surface area contributed by atoms with Crippen molar-refractivity contribution in [2.24, 2.45) is 0 Å². The predicted molar refractivity (Wildman–Crippen MR) is 151 cm³/mol. The van der Waals surface area contributed by atoms with E-state index in [-0.39, 0.29) is 0 Å². The maximum Gasteiger partial charge on any atom is 0.161 e. The van der Waals surface area contributed by atoms with E-state index in [1.807, 2.05) is 47.3 Å². The van der Waals surface area contributed by atoms with Crippen molar-refractivity contribution in [1.29, 1.82) is 0 Å². The lowest BCUT2D eigenvalue weighted by Gasteiger charge is -2.26. The fourth-order valence-electron chi connectivity index (χ4n) is 5.03. The minimum absolute atomic E-state index is 0.593. The first-order chi connectivity index (χ1) is 18.6. The molecule has 1 aliphatic rings. The summed E-state index contributed by atoms with van der Waals surface area (Å²) in [6.45, 7) is 9.16. The molecule has 0 aliphatic carbocycles. The summed E-state index contributed by atoms with van der Waals surface area (Å²) in [5, 5.41) is 7.20. The van der Waals surface area contributed by atoms with Crippen LogP contribution in [0.15, 0.2) is 66.9 Å². The lowest BCUT2D eigenvalue weighted by molar-refractivity contribution is 0.0321. The highest BCUT2D eigenvalue weighted by atomic mass is 16.5. The van der Waals surface area contributed by atoms with E-state index in [1.165, 1.54) is 11.1 Å². The summed E-state index contributed by atoms with van der Waals surface area (Å²) in [5.74, 6) is 1.41. The molecule has 0 bridgehead atoms. The molecule has 0 saturated carbocycles. The second-order valence-electron chi connectivity index (χ2n) is 9.73. The second kappa shape index (κ2) is 10.4. The quantitative estimate of drug-likeness (QED) is 0.286. The van der Waals surface area contributed by atoms with Crippen LogP contribution >= 0.6 is 0 Å². The minimum atomic E-state index is 0.593. The molecule has 6 rings (SSSR count). The number of pyridine rings is 1. The minimum Gasteiger partial charge on any atom is -0.493 e. The SMILES string of the molecule is COc1cc(-c2nn(-c3ccc(C)c(C)c3)c3c2cnc2ccccc23)ccc1OCCN1CCOCC1. The van der Waals surface area contributed by atoms with Crippen LogP contribution in [-0.2, 0) is 4.74 Å². The molecule has 3 heterocycles. The summed E-state index contributed by atoms with van der Waals surface area (Å²) < 4.78 is 19.3. The predicted octanol–water partition coefficient (Wildman–Crippen LogP) is 5.58. The van der Waals surface area contributed by atoms with Gasteiger partial charge in [-0.2, -0.15) is 5.10 Å². The Labute approximate surface area is 222 Å². The van der Waals surface area contributed by atoms with Crippen molar-refractivity contribution in [3.8, 4) is 28.4 Å². The van der Waals surface area contributed by atoms with Gasteiger partial charge >= 0.3 is 0 Å². The Kier molecular flexibility index (Phi) is 6.70. The van der Waals surface area contributed by atoms with Gasteiger partial charge in [-0.05, 0) is 61.4 Å². The summed E-state index contributed by atoms with van der Waals surface area (Å²) in [5.41, 5.74) is 7.30. The molecule has 0 radical (unpaired) electrons. The number of methoxy groups -OCH3 is 1. The van der Waals surface area contributed by atoms with Crippen molar-refractivity contribution in [2.45, 2.75) is 13.8 Å². The van der Waals surface area contributed by atoms with E-state index in [1.54, 1.807) is 7.11 Å². The zero-order chi connectivity index (χ0) is 26.1. The molecular weight excluding hydrogens is 476 g/mol. The molecule has 0 N–H and O–H groups in total. The zero-order valence-electron chi connectivity index (χ0n) is 22.1. The number of aromatic nitrogens is 3. The average Bonchev–Trinajstić information content (AvgIpc) is 3.35. The number of para-hydroxylation sites is 1. The second-order valence-corrected chi connectivity index (χ2v) is 9.73. The van der Waals surface area contributed by atoms with Gasteiger partial charge in [0.1, 0.15) is 12.3 Å². The topological polar surface area (TPSA) is 61.6 Å². The number of morpholine rings is 1. The van der Waals surface area contributed by atoms with Gasteiger partial charge in [-0.15, -0.1) is 0 Å². The Hall–Kier alpha value is -3.94. The van der Waals surface area contributed by atoms with Crippen molar-refractivity contribution in [1.82, 2.24) is 19.7 Å². The van der Waals surface area contributed by atoms with Crippen LogP contribution in [0.25, 0.3) is 38.8 Å². The molecule has 5 aromatic rings. The van der Waals surface area contributed by atoms with Gasteiger partial charge in [0, 0.05) is 42.2 Å². The smallest absolute Gasteiger partial charge is 0.161 e.